The number of hydrogen-bond donors (Lipinski definition) is 0. The van der Waals surface area contributed by atoms with Gasteiger partial charge in [-0.1, -0.05) is 11.6 Å². The Kier molecular flexibility index (Phi) is 2.21. The molecule has 0 spiro atoms. The molecule has 0 aliphatic heterocycles. The number of ketones is 1. The maximum atomic E-state index is 11.0. The molecule has 2 aromatic rings. The van der Waals surface area contributed by atoms with Crippen LogP contribution in [-0.2, 0) is 11.2 Å². The Morgan fingerprint density at radius 2 is 2.43 bits per heavy atom. The summed E-state index contributed by atoms with van der Waals surface area (Å²) in [6.07, 6.45) is 3.71. The molecular formula is C9H8ClN3O. The van der Waals surface area contributed by atoms with Crippen LogP contribution >= 0.6 is 11.6 Å². The van der Waals surface area contributed by atoms with E-state index in [1.165, 1.54) is 6.92 Å². The average Bonchev–Trinajstić information content (AvgIpc) is 2.43. The Hall–Kier alpha value is -1.42. The van der Waals surface area contributed by atoms with Crippen molar-refractivity contribution >= 4 is 23.2 Å². The summed E-state index contributed by atoms with van der Waals surface area (Å²) in [5.74, 6) is 0.575. The maximum absolute atomic E-state index is 11.0. The highest BCUT2D eigenvalue weighted by Gasteiger charge is 2.11. The van der Waals surface area contributed by atoms with Crippen molar-refractivity contribution in [3.63, 3.8) is 0 Å². The molecule has 0 amide bonds. The Labute approximate surface area is 85.5 Å². The molecule has 0 aliphatic carbocycles. The van der Waals surface area contributed by atoms with E-state index in [0.29, 0.717) is 16.6 Å². The van der Waals surface area contributed by atoms with Crippen LogP contribution in [0.1, 0.15) is 12.6 Å². The molecule has 0 bridgehead atoms. The first-order valence-corrected chi connectivity index (χ1v) is 4.53. The van der Waals surface area contributed by atoms with Crippen LogP contribution in [0, 0.1) is 0 Å². The first-order valence-electron chi connectivity index (χ1n) is 4.15. The first kappa shape index (κ1) is 9.15. The smallest absolute Gasteiger partial charge is 0.235 e. The number of carbonyl (C=O) groups is 1. The summed E-state index contributed by atoms with van der Waals surface area (Å²) >= 11 is 5.89. The van der Waals surface area contributed by atoms with Crippen molar-refractivity contribution in [1.29, 1.82) is 0 Å². The third-order valence-corrected chi connectivity index (χ3v) is 2.17. The topological polar surface area (TPSA) is 47.3 Å². The second-order valence-corrected chi connectivity index (χ2v) is 3.38. The lowest BCUT2D eigenvalue weighted by Gasteiger charge is -1.97. The van der Waals surface area contributed by atoms with Crippen molar-refractivity contribution in [2.24, 2.45) is 0 Å². The lowest BCUT2D eigenvalue weighted by molar-refractivity contribution is -0.116. The van der Waals surface area contributed by atoms with Crippen molar-refractivity contribution < 1.29 is 4.79 Å². The molecule has 0 radical (unpaired) electrons. The van der Waals surface area contributed by atoms with Gasteiger partial charge in [0.1, 0.15) is 5.78 Å². The second-order valence-electron chi connectivity index (χ2n) is 3.02. The van der Waals surface area contributed by atoms with Crippen LogP contribution in [0.25, 0.3) is 5.78 Å². The second kappa shape index (κ2) is 3.38. The van der Waals surface area contributed by atoms with E-state index in [0.717, 1.165) is 0 Å². The number of halogens is 1. The third-order valence-electron chi connectivity index (χ3n) is 1.87. The summed E-state index contributed by atoms with van der Waals surface area (Å²) in [5.41, 5.74) is 0.697. The summed E-state index contributed by atoms with van der Waals surface area (Å²) in [7, 11) is 0. The monoisotopic (exact) mass is 209 g/mol. The van der Waals surface area contributed by atoms with Gasteiger partial charge in [0.25, 0.3) is 0 Å². The summed E-state index contributed by atoms with van der Waals surface area (Å²) in [4.78, 5) is 19.0. The molecule has 0 N–H and O–H groups in total. The van der Waals surface area contributed by atoms with Crippen molar-refractivity contribution in [3.05, 3.63) is 29.3 Å². The molecule has 5 heteroatoms. The Morgan fingerprint density at radius 1 is 1.64 bits per heavy atom. The fourth-order valence-corrected chi connectivity index (χ4v) is 1.54. The van der Waals surface area contributed by atoms with E-state index in [-0.39, 0.29) is 12.2 Å². The number of fused-ring (bicyclic) bond motifs is 1. The normalized spacial score (nSPS) is 10.7. The molecule has 4 nitrogen and oxygen atoms in total. The van der Waals surface area contributed by atoms with E-state index < -0.39 is 0 Å². The minimum atomic E-state index is 0.0533. The molecule has 2 heterocycles. The molecular weight excluding hydrogens is 202 g/mol. The molecule has 0 atom stereocenters. The fraction of sp³-hybridized carbons (Fsp3) is 0.222. The van der Waals surface area contributed by atoms with Gasteiger partial charge in [-0.25, -0.2) is 4.98 Å². The third kappa shape index (κ3) is 1.48. The standard InChI is InChI=1S/C9H8ClN3O/c1-6(14)5-7-8(10)12-9-11-3-2-4-13(7)9/h2-4H,5H2,1H3. The maximum Gasteiger partial charge on any atom is 0.235 e. The van der Waals surface area contributed by atoms with Crippen LogP contribution in [0.5, 0.6) is 0 Å². The summed E-state index contributed by atoms with van der Waals surface area (Å²) in [5, 5.41) is 0.346. The molecule has 0 saturated carbocycles. The SMILES string of the molecule is CC(=O)Cc1c(Cl)nc2ncccn12. The molecule has 0 fully saturated rings. The lowest BCUT2D eigenvalue weighted by atomic mass is 10.2. The molecule has 2 rings (SSSR count). The Bertz CT molecular complexity index is 492. The fourth-order valence-electron chi connectivity index (χ4n) is 1.30. The van der Waals surface area contributed by atoms with E-state index >= 15 is 0 Å². The lowest BCUT2D eigenvalue weighted by Crippen LogP contribution is -2.01. The zero-order chi connectivity index (χ0) is 10.1. The highest BCUT2D eigenvalue weighted by atomic mass is 35.5. The summed E-state index contributed by atoms with van der Waals surface area (Å²) < 4.78 is 1.73. The van der Waals surface area contributed by atoms with Crippen LogP contribution in [0.4, 0.5) is 0 Å². The van der Waals surface area contributed by atoms with Crippen LogP contribution in [0.2, 0.25) is 5.15 Å². The Morgan fingerprint density at radius 3 is 3.14 bits per heavy atom. The van der Waals surface area contributed by atoms with Gasteiger partial charge in [-0.15, -0.1) is 0 Å². The summed E-state index contributed by atoms with van der Waals surface area (Å²) in [6, 6.07) is 1.77. The highest BCUT2D eigenvalue weighted by Crippen LogP contribution is 2.16. The van der Waals surface area contributed by atoms with Gasteiger partial charge in [-0.3, -0.25) is 9.20 Å². The number of nitrogens with zero attached hydrogens (tertiary/aromatic N) is 3. The van der Waals surface area contributed by atoms with E-state index in [1.54, 1.807) is 22.9 Å². The van der Waals surface area contributed by atoms with Crippen molar-refractivity contribution in [3.8, 4) is 0 Å². The predicted molar refractivity (Wildman–Crippen MR) is 52.4 cm³/mol. The van der Waals surface area contributed by atoms with Gasteiger partial charge in [0.05, 0.1) is 5.69 Å². The number of rotatable bonds is 2. The zero-order valence-electron chi connectivity index (χ0n) is 7.57. The minimum absolute atomic E-state index is 0.0533. The number of aromatic nitrogens is 3. The van der Waals surface area contributed by atoms with Crippen molar-refractivity contribution in [2.45, 2.75) is 13.3 Å². The Balaban J connectivity index is 2.62. The van der Waals surface area contributed by atoms with E-state index in [1.807, 2.05) is 0 Å². The van der Waals surface area contributed by atoms with E-state index in [9.17, 15) is 4.79 Å². The van der Waals surface area contributed by atoms with Crippen LogP contribution in [0.3, 0.4) is 0 Å². The number of Topliss-reactive ketones (excluding diaryl/α,β-unsaturated/α-hetero) is 1. The van der Waals surface area contributed by atoms with Crippen LogP contribution in [0.15, 0.2) is 18.5 Å². The first-order chi connectivity index (χ1) is 6.68. The largest absolute Gasteiger partial charge is 0.300 e. The van der Waals surface area contributed by atoms with Crippen LogP contribution in [-0.4, -0.2) is 20.2 Å². The zero-order valence-corrected chi connectivity index (χ0v) is 8.32. The predicted octanol–water partition coefficient (Wildman–Crippen LogP) is 1.51. The van der Waals surface area contributed by atoms with E-state index in [4.69, 9.17) is 11.6 Å². The highest BCUT2D eigenvalue weighted by molar-refractivity contribution is 6.30. The quantitative estimate of drug-likeness (QED) is 0.754. The van der Waals surface area contributed by atoms with Gasteiger partial charge in [0.15, 0.2) is 5.15 Å². The van der Waals surface area contributed by atoms with Crippen molar-refractivity contribution in [2.75, 3.05) is 0 Å². The molecule has 72 valence electrons. The number of imidazole rings is 1. The van der Waals surface area contributed by atoms with Gasteiger partial charge in [-0.05, 0) is 13.0 Å². The van der Waals surface area contributed by atoms with Gasteiger partial charge < -0.3 is 0 Å². The molecule has 0 saturated heterocycles. The number of carbonyl (C=O) groups excluding carboxylic acids is 1. The van der Waals surface area contributed by atoms with Crippen molar-refractivity contribution in [1.82, 2.24) is 14.4 Å². The minimum Gasteiger partial charge on any atom is -0.300 e. The van der Waals surface area contributed by atoms with Gasteiger partial charge >= 0.3 is 0 Å². The molecule has 14 heavy (non-hydrogen) atoms. The summed E-state index contributed by atoms with van der Waals surface area (Å²) in [6.45, 7) is 1.52. The van der Waals surface area contributed by atoms with Crippen LogP contribution < -0.4 is 0 Å². The average molecular weight is 210 g/mol. The van der Waals surface area contributed by atoms with Gasteiger partial charge in [-0.2, -0.15) is 4.98 Å². The molecule has 0 unspecified atom stereocenters. The molecule has 0 aliphatic rings. The molecule has 0 aromatic carbocycles. The number of hydrogen-bond acceptors (Lipinski definition) is 3. The molecule has 2 aromatic heterocycles. The van der Waals surface area contributed by atoms with Gasteiger partial charge in [0.2, 0.25) is 5.78 Å². The van der Waals surface area contributed by atoms with E-state index in [2.05, 4.69) is 9.97 Å². The van der Waals surface area contributed by atoms with Gasteiger partial charge in [0, 0.05) is 18.8 Å².